The molecule has 6 heteroatoms. The zero-order valence-corrected chi connectivity index (χ0v) is 12.1. The van der Waals surface area contributed by atoms with Crippen LogP contribution in [0, 0.1) is 5.92 Å². The van der Waals surface area contributed by atoms with E-state index in [1.165, 1.54) is 32.1 Å². The van der Waals surface area contributed by atoms with Gasteiger partial charge in [-0.1, -0.05) is 13.3 Å². The Hall–Kier alpha value is -1.59. The van der Waals surface area contributed by atoms with Gasteiger partial charge in [0.15, 0.2) is 0 Å². The van der Waals surface area contributed by atoms with Crippen LogP contribution < -0.4 is 15.4 Å². The zero-order valence-electron chi connectivity index (χ0n) is 12.1. The lowest BCUT2D eigenvalue weighted by Crippen LogP contribution is -2.43. The molecule has 0 aromatic carbocycles. The molecule has 1 saturated carbocycles. The molecule has 0 radical (unpaired) electrons. The van der Waals surface area contributed by atoms with E-state index < -0.39 is 0 Å². The molecule has 2 heterocycles. The molecule has 2 N–H and O–H groups in total. The maximum Gasteiger partial charge on any atom is 0.323 e. The smallest absolute Gasteiger partial charge is 0.323 e. The predicted molar refractivity (Wildman–Crippen MR) is 77.7 cm³/mol. The number of nitrogen functional groups attached to an aromatic ring is 1. The molecule has 20 heavy (non-hydrogen) atoms. The second-order valence-electron chi connectivity index (χ2n) is 5.72. The Morgan fingerprint density at radius 3 is 2.90 bits per heavy atom. The summed E-state index contributed by atoms with van der Waals surface area (Å²) in [7, 11) is 0. The van der Waals surface area contributed by atoms with Gasteiger partial charge in [0.25, 0.3) is 0 Å². The van der Waals surface area contributed by atoms with Gasteiger partial charge in [-0.3, -0.25) is 0 Å². The highest BCUT2D eigenvalue weighted by Crippen LogP contribution is 2.38. The first kappa shape index (κ1) is 13.4. The van der Waals surface area contributed by atoms with Crippen LogP contribution in [-0.2, 0) is 0 Å². The van der Waals surface area contributed by atoms with Crippen LogP contribution in [0.25, 0.3) is 0 Å². The standard InChI is InChI=1S/C14H23N5O/c1-2-9-20-14-17-12(15)16-13(18-14)19-8-4-6-10-5-3-7-11(10)19/h10-11H,2-9H2,1H3,(H2,15,16,17,18). The minimum Gasteiger partial charge on any atom is -0.463 e. The second-order valence-corrected chi connectivity index (χ2v) is 5.72. The highest BCUT2D eigenvalue weighted by Gasteiger charge is 2.36. The van der Waals surface area contributed by atoms with Crippen LogP contribution in [0.15, 0.2) is 0 Å². The van der Waals surface area contributed by atoms with Crippen molar-refractivity contribution < 1.29 is 4.74 Å². The van der Waals surface area contributed by atoms with E-state index in [4.69, 9.17) is 10.5 Å². The number of nitrogens with two attached hydrogens (primary N) is 1. The summed E-state index contributed by atoms with van der Waals surface area (Å²) in [4.78, 5) is 15.2. The van der Waals surface area contributed by atoms with Gasteiger partial charge in [0.05, 0.1) is 6.61 Å². The number of anilines is 2. The topological polar surface area (TPSA) is 77.2 Å². The molecule has 2 fully saturated rings. The van der Waals surface area contributed by atoms with E-state index in [-0.39, 0.29) is 5.95 Å². The Bertz CT molecular complexity index is 467. The molecule has 0 bridgehead atoms. The highest BCUT2D eigenvalue weighted by atomic mass is 16.5. The van der Waals surface area contributed by atoms with E-state index in [9.17, 15) is 0 Å². The van der Waals surface area contributed by atoms with Crippen molar-refractivity contribution in [3.63, 3.8) is 0 Å². The minimum atomic E-state index is 0.251. The van der Waals surface area contributed by atoms with Crippen LogP contribution in [0.3, 0.4) is 0 Å². The number of nitrogens with zero attached hydrogens (tertiary/aromatic N) is 4. The number of piperidine rings is 1. The minimum absolute atomic E-state index is 0.251. The Morgan fingerprint density at radius 1 is 1.20 bits per heavy atom. The van der Waals surface area contributed by atoms with E-state index in [2.05, 4.69) is 26.8 Å². The Labute approximate surface area is 119 Å². The number of hydrogen-bond acceptors (Lipinski definition) is 6. The largest absolute Gasteiger partial charge is 0.463 e. The van der Waals surface area contributed by atoms with Crippen LogP contribution in [0.1, 0.15) is 45.4 Å². The van der Waals surface area contributed by atoms with Gasteiger partial charge in [0.2, 0.25) is 11.9 Å². The third-order valence-electron chi connectivity index (χ3n) is 4.31. The molecule has 0 amide bonds. The molecular weight excluding hydrogens is 254 g/mol. The van der Waals surface area contributed by atoms with Crippen molar-refractivity contribution in [1.29, 1.82) is 0 Å². The summed E-state index contributed by atoms with van der Waals surface area (Å²) in [5.74, 6) is 1.74. The Morgan fingerprint density at radius 2 is 2.05 bits per heavy atom. The maximum absolute atomic E-state index is 5.81. The van der Waals surface area contributed by atoms with Gasteiger partial charge in [0.1, 0.15) is 0 Å². The molecule has 2 atom stereocenters. The first-order chi connectivity index (χ1) is 9.78. The molecule has 1 saturated heterocycles. The quantitative estimate of drug-likeness (QED) is 0.907. The molecule has 1 aromatic rings. The molecular formula is C14H23N5O. The predicted octanol–water partition coefficient (Wildman–Crippen LogP) is 2.01. The molecule has 1 aliphatic carbocycles. The number of aromatic nitrogens is 3. The average molecular weight is 277 g/mol. The lowest BCUT2D eigenvalue weighted by atomic mass is 9.92. The zero-order chi connectivity index (χ0) is 13.9. The van der Waals surface area contributed by atoms with Crippen LogP contribution in [0.2, 0.25) is 0 Å². The lowest BCUT2D eigenvalue weighted by molar-refractivity contribution is 0.290. The third kappa shape index (κ3) is 2.64. The maximum atomic E-state index is 5.81. The van der Waals surface area contributed by atoms with Crippen molar-refractivity contribution in [3.05, 3.63) is 0 Å². The first-order valence-electron chi connectivity index (χ1n) is 7.69. The van der Waals surface area contributed by atoms with Crippen LogP contribution >= 0.6 is 0 Å². The summed E-state index contributed by atoms with van der Waals surface area (Å²) < 4.78 is 5.51. The molecule has 2 unspecified atom stereocenters. The number of rotatable bonds is 4. The lowest BCUT2D eigenvalue weighted by Gasteiger charge is -2.37. The van der Waals surface area contributed by atoms with Crippen molar-refractivity contribution in [2.45, 2.75) is 51.5 Å². The van der Waals surface area contributed by atoms with E-state index in [1.54, 1.807) is 0 Å². The van der Waals surface area contributed by atoms with Gasteiger partial charge in [-0.15, -0.1) is 0 Å². The van der Waals surface area contributed by atoms with Gasteiger partial charge in [0, 0.05) is 12.6 Å². The fourth-order valence-electron chi connectivity index (χ4n) is 3.45. The van der Waals surface area contributed by atoms with E-state index in [1.807, 2.05) is 0 Å². The molecule has 110 valence electrons. The number of fused-ring (bicyclic) bond motifs is 1. The SMILES string of the molecule is CCCOc1nc(N)nc(N2CCCC3CCCC32)n1. The third-order valence-corrected chi connectivity index (χ3v) is 4.31. The molecule has 2 aliphatic rings. The monoisotopic (exact) mass is 277 g/mol. The fourth-order valence-corrected chi connectivity index (χ4v) is 3.45. The van der Waals surface area contributed by atoms with Crippen molar-refractivity contribution in [2.24, 2.45) is 5.92 Å². The van der Waals surface area contributed by atoms with E-state index >= 15 is 0 Å². The van der Waals surface area contributed by atoms with Crippen molar-refractivity contribution >= 4 is 11.9 Å². The molecule has 6 nitrogen and oxygen atoms in total. The van der Waals surface area contributed by atoms with Crippen LogP contribution in [0.4, 0.5) is 11.9 Å². The average Bonchev–Trinajstić information content (AvgIpc) is 2.92. The summed E-state index contributed by atoms with van der Waals surface area (Å²) in [5, 5.41) is 0. The first-order valence-corrected chi connectivity index (χ1v) is 7.69. The normalized spacial score (nSPS) is 25.6. The fraction of sp³-hybridized carbons (Fsp3) is 0.786. The molecule has 0 spiro atoms. The molecule has 3 rings (SSSR count). The van der Waals surface area contributed by atoms with Gasteiger partial charge in [-0.25, -0.2) is 0 Å². The summed E-state index contributed by atoms with van der Waals surface area (Å²) >= 11 is 0. The summed E-state index contributed by atoms with van der Waals surface area (Å²) in [6, 6.07) is 0.930. The van der Waals surface area contributed by atoms with Gasteiger partial charge in [-0.05, 0) is 38.0 Å². The molecule has 1 aromatic heterocycles. The van der Waals surface area contributed by atoms with Gasteiger partial charge >= 0.3 is 6.01 Å². The highest BCUT2D eigenvalue weighted by molar-refractivity contribution is 5.38. The second kappa shape index (κ2) is 5.81. The van der Waals surface area contributed by atoms with E-state index in [0.717, 1.165) is 18.9 Å². The Kier molecular flexibility index (Phi) is 3.89. The van der Waals surface area contributed by atoms with Crippen LogP contribution in [0.5, 0.6) is 6.01 Å². The summed E-state index contributed by atoms with van der Waals surface area (Å²) in [5.41, 5.74) is 5.81. The molecule has 1 aliphatic heterocycles. The van der Waals surface area contributed by atoms with Crippen molar-refractivity contribution in [3.8, 4) is 6.01 Å². The Balaban J connectivity index is 1.82. The van der Waals surface area contributed by atoms with Crippen LogP contribution in [-0.4, -0.2) is 34.1 Å². The van der Waals surface area contributed by atoms with Crippen molar-refractivity contribution in [2.75, 3.05) is 23.8 Å². The number of ether oxygens (including phenoxy) is 1. The number of hydrogen-bond donors (Lipinski definition) is 1. The van der Waals surface area contributed by atoms with Gasteiger partial charge in [-0.2, -0.15) is 15.0 Å². The summed E-state index contributed by atoms with van der Waals surface area (Å²) in [6.45, 7) is 3.67. The van der Waals surface area contributed by atoms with Gasteiger partial charge < -0.3 is 15.4 Å². The van der Waals surface area contributed by atoms with E-state index in [0.29, 0.717) is 24.6 Å². The summed E-state index contributed by atoms with van der Waals surface area (Å²) in [6.07, 6.45) is 7.35. The van der Waals surface area contributed by atoms with Crippen molar-refractivity contribution in [1.82, 2.24) is 15.0 Å².